The van der Waals surface area contributed by atoms with Gasteiger partial charge in [0.05, 0.1) is 0 Å². The van der Waals surface area contributed by atoms with Crippen LogP contribution in [-0.2, 0) is 0 Å². The number of terminal acetylenes is 1. The van der Waals surface area contributed by atoms with Crippen molar-refractivity contribution >= 4 is 0 Å². The number of benzene rings is 1. The van der Waals surface area contributed by atoms with E-state index in [0.717, 1.165) is 12.1 Å². The monoisotopic (exact) mass is 199 g/mol. The number of nitrogens with two attached hydrogens (primary N) is 1. The average molecular weight is 199 g/mol. The number of hydrogen-bond acceptors (Lipinski definition) is 1. The summed E-state index contributed by atoms with van der Waals surface area (Å²) < 4.78 is 0. The highest BCUT2D eigenvalue weighted by molar-refractivity contribution is 5.40. The molecular weight excluding hydrogens is 182 g/mol. The summed E-state index contributed by atoms with van der Waals surface area (Å²) >= 11 is 0. The Hall–Kier alpha value is -1.26. The second-order valence-electron chi connectivity index (χ2n) is 4.91. The lowest BCUT2D eigenvalue weighted by molar-refractivity contribution is 0.558. The lowest BCUT2D eigenvalue weighted by Gasteiger charge is -2.03. The quantitative estimate of drug-likeness (QED) is 0.727. The van der Waals surface area contributed by atoms with Gasteiger partial charge in [-0.05, 0) is 41.5 Å². The van der Waals surface area contributed by atoms with Crippen molar-refractivity contribution in [3.8, 4) is 12.3 Å². The summed E-state index contributed by atoms with van der Waals surface area (Å²) in [6.07, 6.45) is 5.40. The van der Waals surface area contributed by atoms with Crippen LogP contribution in [0, 0.1) is 23.7 Å². The van der Waals surface area contributed by atoms with Crippen molar-refractivity contribution in [1.29, 1.82) is 0 Å². The highest BCUT2D eigenvalue weighted by atomic mass is 14.7. The molecule has 0 saturated heterocycles. The molecule has 1 aliphatic rings. The third-order valence-corrected chi connectivity index (χ3v) is 3.72. The van der Waals surface area contributed by atoms with Crippen LogP contribution >= 0.6 is 0 Å². The van der Waals surface area contributed by atoms with E-state index in [9.17, 15) is 0 Å². The molecule has 1 nitrogen and oxygen atoms in total. The molecule has 15 heavy (non-hydrogen) atoms. The van der Waals surface area contributed by atoms with Crippen LogP contribution in [0.4, 0.5) is 0 Å². The summed E-state index contributed by atoms with van der Waals surface area (Å²) in [6.45, 7) is 5.31. The van der Waals surface area contributed by atoms with E-state index in [-0.39, 0.29) is 0 Å². The number of hydrogen-bond donors (Lipinski definition) is 1. The minimum atomic E-state index is 0.335. The van der Waals surface area contributed by atoms with Gasteiger partial charge in [0.1, 0.15) is 0 Å². The molecule has 1 aromatic rings. The molecule has 0 heterocycles. The van der Waals surface area contributed by atoms with Crippen LogP contribution in [0.25, 0.3) is 0 Å². The van der Waals surface area contributed by atoms with E-state index in [1.54, 1.807) is 0 Å². The molecule has 1 heteroatoms. The normalized spacial score (nSPS) is 27.1. The van der Waals surface area contributed by atoms with E-state index in [1.165, 1.54) is 5.56 Å². The largest absolute Gasteiger partial charge is 0.330 e. The Bertz CT molecular complexity index is 412. The Labute approximate surface area is 91.7 Å². The van der Waals surface area contributed by atoms with Gasteiger partial charge in [-0.15, -0.1) is 6.42 Å². The third kappa shape index (κ3) is 1.56. The van der Waals surface area contributed by atoms with Crippen LogP contribution in [-0.4, -0.2) is 6.54 Å². The molecule has 1 aliphatic carbocycles. The van der Waals surface area contributed by atoms with Gasteiger partial charge in [-0.25, -0.2) is 0 Å². The van der Waals surface area contributed by atoms with Crippen LogP contribution < -0.4 is 5.73 Å². The van der Waals surface area contributed by atoms with Gasteiger partial charge in [-0.3, -0.25) is 0 Å². The molecule has 1 aromatic carbocycles. The fourth-order valence-electron chi connectivity index (χ4n) is 2.67. The lowest BCUT2D eigenvalue weighted by Crippen LogP contribution is -2.05. The molecule has 0 spiro atoms. The zero-order chi connectivity index (χ0) is 11.1. The van der Waals surface area contributed by atoms with Gasteiger partial charge in [0.15, 0.2) is 0 Å². The molecule has 78 valence electrons. The van der Waals surface area contributed by atoms with Gasteiger partial charge in [0.25, 0.3) is 0 Å². The first kappa shape index (κ1) is 10.3. The molecule has 0 aliphatic heterocycles. The predicted octanol–water partition coefficient (Wildman–Crippen LogP) is 2.37. The van der Waals surface area contributed by atoms with Gasteiger partial charge in [-0.2, -0.15) is 0 Å². The minimum absolute atomic E-state index is 0.335. The van der Waals surface area contributed by atoms with Gasteiger partial charge in [0, 0.05) is 5.56 Å². The van der Waals surface area contributed by atoms with Gasteiger partial charge in [0.2, 0.25) is 0 Å². The standard InChI is InChI=1S/C14H17N/c1-4-10-6-5-7-11(8-10)13-12(9-15)14(13,2)3/h1,5-8,12-13H,9,15H2,2-3H3. The van der Waals surface area contributed by atoms with Gasteiger partial charge in [-0.1, -0.05) is 31.9 Å². The molecule has 0 bridgehead atoms. The molecule has 2 N–H and O–H groups in total. The summed E-state index contributed by atoms with van der Waals surface area (Å²) in [7, 11) is 0. The van der Waals surface area contributed by atoms with Crippen molar-refractivity contribution in [3.05, 3.63) is 35.4 Å². The van der Waals surface area contributed by atoms with Crippen LogP contribution in [0.15, 0.2) is 24.3 Å². The van der Waals surface area contributed by atoms with Gasteiger partial charge < -0.3 is 5.73 Å². The fraction of sp³-hybridized carbons (Fsp3) is 0.429. The second-order valence-corrected chi connectivity index (χ2v) is 4.91. The molecule has 2 unspecified atom stereocenters. The van der Waals surface area contributed by atoms with Gasteiger partial charge >= 0.3 is 0 Å². The van der Waals surface area contributed by atoms with E-state index in [0.29, 0.717) is 17.3 Å². The van der Waals surface area contributed by atoms with Crippen molar-refractivity contribution in [1.82, 2.24) is 0 Å². The third-order valence-electron chi connectivity index (χ3n) is 3.72. The van der Waals surface area contributed by atoms with Crippen molar-refractivity contribution in [2.75, 3.05) is 6.54 Å². The first-order chi connectivity index (χ1) is 7.11. The average Bonchev–Trinajstić information content (AvgIpc) is 2.80. The van der Waals surface area contributed by atoms with Crippen LogP contribution in [0.5, 0.6) is 0 Å². The minimum Gasteiger partial charge on any atom is -0.330 e. The summed E-state index contributed by atoms with van der Waals surface area (Å²) in [5, 5.41) is 0. The maximum Gasteiger partial charge on any atom is 0.0245 e. The molecule has 1 saturated carbocycles. The lowest BCUT2D eigenvalue weighted by atomic mass is 10.0. The molecule has 1 fully saturated rings. The SMILES string of the molecule is C#Cc1cccc(C2C(CN)C2(C)C)c1. The zero-order valence-corrected chi connectivity index (χ0v) is 9.33. The smallest absolute Gasteiger partial charge is 0.0245 e. The van der Waals surface area contributed by atoms with E-state index >= 15 is 0 Å². The highest BCUT2D eigenvalue weighted by Crippen LogP contribution is 2.63. The maximum absolute atomic E-state index is 5.77. The molecule has 2 rings (SSSR count). The Morgan fingerprint density at radius 1 is 1.47 bits per heavy atom. The van der Waals surface area contributed by atoms with Crippen LogP contribution in [0.1, 0.15) is 30.9 Å². The van der Waals surface area contributed by atoms with Crippen LogP contribution in [0.2, 0.25) is 0 Å². The first-order valence-electron chi connectivity index (χ1n) is 5.38. The molecule has 0 radical (unpaired) electrons. The Morgan fingerprint density at radius 3 is 2.73 bits per heavy atom. The summed E-state index contributed by atoms with van der Waals surface area (Å²) in [5.41, 5.74) is 8.41. The van der Waals surface area contributed by atoms with Crippen molar-refractivity contribution in [2.24, 2.45) is 17.1 Å². The van der Waals surface area contributed by atoms with Crippen molar-refractivity contribution in [3.63, 3.8) is 0 Å². The summed E-state index contributed by atoms with van der Waals surface area (Å²) in [4.78, 5) is 0. The summed E-state index contributed by atoms with van der Waals surface area (Å²) in [5.74, 6) is 3.86. The van der Waals surface area contributed by atoms with E-state index < -0.39 is 0 Å². The Kier molecular flexibility index (Phi) is 2.32. The fourth-order valence-corrected chi connectivity index (χ4v) is 2.67. The topological polar surface area (TPSA) is 26.0 Å². The molecule has 0 aromatic heterocycles. The van der Waals surface area contributed by atoms with E-state index in [1.807, 2.05) is 12.1 Å². The van der Waals surface area contributed by atoms with E-state index in [2.05, 4.69) is 31.9 Å². The highest BCUT2D eigenvalue weighted by Gasteiger charge is 2.57. The first-order valence-corrected chi connectivity index (χ1v) is 5.38. The van der Waals surface area contributed by atoms with Crippen molar-refractivity contribution < 1.29 is 0 Å². The second kappa shape index (κ2) is 3.40. The zero-order valence-electron chi connectivity index (χ0n) is 9.33. The predicted molar refractivity (Wildman–Crippen MR) is 63.4 cm³/mol. The molecule has 2 atom stereocenters. The van der Waals surface area contributed by atoms with Crippen molar-refractivity contribution in [2.45, 2.75) is 19.8 Å². The Morgan fingerprint density at radius 2 is 2.20 bits per heavy atom. The molecular formula is C14H17N. The maximum atomic E-state index is 5.77. The van der Waals surface area contributed by atoms with Crippen LogP contribution in [0.3, 0.4) is 0 Å². The Balaban J connectivity index is 2.29. The summed E-state index contributed by atoms with van der Waals surface area (Å²) in [6, 6.07) is 8.27. The molecule has 0 amide bonds. The van der Waals surface area contributed by atoms with E-state index in [4.69, 9.17) is 12.2 Å². The number of rotatable bonds is 2.